The smallest absolute Gasteiger partial charge is 0.253 e. The molecule has 1 aromatic carbocycles. The molecule has 2 aromatic heterocycles. The summed E-state index contributed by atoms with van der Waals surface area (Å²) in [6.45, 7) is 3.05. The van der Waals surface area contributed by atoms with Crippen molar-refractivity contribution < 1.29 is 18.8 Å². The predicted octanol–water partition coefficient (Wildman–Crippen LogP) is 3.42. The van der Waals surface area contributed by atoms with E-state index >= 15 is 0 Å². The SMILES string of the molecule is COCCCNC(=O)c1ccccc1NC(=O)C1CCCN(Cc2nc(-c3cccs3)no2)C1. The normalized spacial score (nSPS) is 16.3. The second-order valence-corrected chi connectivity index (χ2v) is 9.15. The fourth-order valence-electron chi connectivity index (χ4n) is 3.97. The van der Waals surface area contributed by atoms with E-state index in [9.17, 15) is 9.59 Å². The van der Waals surface area contributed by atoms with Gasteiger partial charge in [0.1, 0.15) is 0 Å². The first-order valence-electron chi connectivity index (χ1n) is 11.4. The molecule has 180 valence electrons. The van der Waals surface area contributed by atoms with Crippen molar-refractivity contribution in [3.8, 4) is 10.7 Å². The van der Waals surface area contributed by atoms with Crippen LogP contribution in [-0.2, 0) is 16.1 Å². The quantitative estimate of drug-likeness (QED) is 0.425. The molecule has 0 radical (unpaired) electrons. The highest BCUT2D eigenvalue weighted by atomic mass is 32.1. The molecule has 1 aliphatic rings. The minimum atomic E-state index is -0.213. The molecule has 0 saturated carbocycles. The zero-order chi connectivity index (χ0) is 23.8. The maximum Gasteiger partial charge on any atom is 0.253 e. The second-order valence-electron chi connectivity index (χ2n) is 8.20. The summed E-state index contributed by atoms with van der Waals surface area (Å²) in [6, 6.07) is 11.0. The monoisotopic (exact) mass is 483 g/mol. The Bertz CT molecular complexity index is 1080. The van der Waals surface area contributed by atoms with Crippen molar-refractivity contribution >= 4 is 28.8 Å². The highest BCUT2D eigenvalue weighted by Crippen LogP contribution is 2.24. The highest BCUT2D eigenvalue weighted by molar-refractivity contribution is 7.13. The number of amides is 2. The number of methoxy groups -OCH3 is 1. The van der Waals surface area contributed by atoms with Crippen LogP contribution in [0.2, 0.25) is 0 Å². The molecule has 1 saturated heterocycles. The molecule has 0 aliphatic carbocycles. The molecule has 1 fully saturated rings. The molecule has 1 atom stereocenters. The van der Waals surface area contributed by atoms with Gasteiger partial charge in [0.05, 0.1) is 28.6 Å². The number of nitrogens with zero attached hydrogens (tertiary/aromatic N) is 3. The Morgan fingerprint density at radius 1 is 1.26 bits per heavy atom. The Labute approximate surface area is 202 Å². The Hall–Kier alpha value is -3.08. The van der Waals surface area contributed by atoms with Crippen LogP contribution in [0.25, 0.3) is 10.7 Å². The van der Waals surface area contributed by atoms with Crippen LogP contribution < -0.4 is 10.6 Å². The van der Waals surface area contributed by atoms with Gasteiger partial charge in [-0.25, -0.2) is 0 Å². The third kappa shape index (κ3) is 6.28. The van der Waals surface area contributed by atoms with Crippen molar-refractivity contribution in [2.45, 2.75) is 25.8 Å². The van der Waals surface area contributed by atoms with E-state index in [-0.39, 0.29) is 17.7 Å². The largest absolute Gasteiger partial charge is 0.385 e. The number of hydrogen-bond acceptors (Lipinski definition) is 8. The topological polar surface area (TPSA) is 110 Å². The second kappa shape index (κ2) is 11.9. The van der Waals surface area contributed by atoms with Crippen LogP contribution in [-0.4, -0.2) is 60.2 Å². The number of nitrogens with one attached hydrogen (secondary N) is 2. The lowest BCUT2D eigenvalue weighted by molar-refractivity contribution is -0.121. The van der Waals surface area contributed by atoms with Crippen molar-refractivity contribution in [2.75, 3.05) is 38.7 Å². The fourth-order valence-corrected chi connectivity index (χ4v) is 4.62. The highest BCUT2D eigenvalue weighted by Gasteiger charge is 2.28. The lowest BCUT2D eigenvalue weighted by atomic mass is 9.96. The van der Waals surface area contributed by atoms with E-state index in [0.717, 1.165) is 30.7 Å². The van der Waals surface area contributed by atoms with Gasteiger partial charge in [0.25, 0.3) is 5.91 Å². The average molecular weight is 484 g/mol. The van der Waals surface area contributed by atoms with Crippen molar-refractivity contribution in [2.24, 2.45) is 5.92 Å². The molecule has 2 N–H and O–H groups in total. The van der Waals surface area contributed by atoms with Crippen LogP contribution in [0, 0.1) is 5.92 Å². The maximum atomic E-state index is 13.1. The number of aromatic nitrogens is 2. The van der Waals surface area contributed by atoms with Gasteiger partial charge < -0.3 is 19.9 Å². The Kier molecular flexibility index (Phi) is 8.40. The predicted molar refractivity (Wildman–Crippen MR) is 130 cm³/mol. The van der Waals surface area contributed by atoms with Gasteiger partial charge in [-0.3, -0.25) is 14.5 Å². The number of piperidine rings is 1. The van der Waals surface area contributed by atoms with E-state index in [1.54, 1.807) is 36.6 Å². The van der Waals surface area contributed by atoms with Gasteiger partial charge in [-0.1, -0.05) is 23.4 Å². The van der Waals surface area contributed by atoms with E-state index in [4.69, 9.17) is 9.26 Å². The molecule has 2 amide bonds. The van der Waals surface area contributed by atoms with E-state index in [2.05, 4.69) is 25.7 Å². The summed E-state index contributed by atoms with van der Waals surface area (Å²) < 4.78 is 10.4. The maximum absolute atomic E-state index is 13.1. The third-order valence-electron chi connectivity index (χ3n) is 5.69. The van der Waals surface area contributed by atoms with E-state index in [1.807, 2.05) is 23.6 Å². The third-order valence-corrected chi connectivity index (χ3v) is 6.55. The number of carbonyl (C=O) groups is 2. The molecule has 4 rings (SSSR count). The van der Waals surface area contributed by atoms with Gasteiger partial charge in [0.15, 0.2) is 0 Å². The lowest BCUT2D eigenvalue weighted by Gasteiger charge is -2.31. The zero-order valence-electron chi connectivity index (χ0n) is 19.2. The number of benzene rings is 1. The first-order valence-corrected chi connectivity index (χ1v) is 12.3. The van der Waals surface area contributed by atoms with Gasteiger partial charge in [0, 0.05) is 26.8 Å². The lowest BCUT2D eigenvalue weighted by Crippen LogP contribution is -2.40. The first kappa shape index (κ1) is 24.1. The average Bonchev–Trinajstić information content (AvgIpc) is 3.54. The number of carbonyl (C=O) groups excluding carboxylic acids is 2. The van der Waals surface area contributed by atoms with E-state index < -0.39 is 0 Å². The number of hydrogen-bond donors (Lipinski definition) is 2. The number of rotatable bonds is 10. The minimum absolute atomic E-state index is 0.0888. The van der Waals surface area contributed by atoms with Gasteiger partial charge in [-0.2, -0.15) is 4.98 Å². The molecule has 3 aromatic rings. The standard InChI is InChI=1S/C24H29N5O4S/c1-32-13-6-11-25-24(31)18-8-2-3-9-19(18)26-23(30)17-7-4-12-29(15-17)16-21-27-22(28-33-21)20-10-5-14-34-20/h2-3,5,8-10,14,17H,4,6-7,11-13,15-16H2,1H3,(H,25,31)(H,26,30). The summed E-state index contributed by atoms with van der Waals surface area (Å²) in [5.74, 6) is 0.643. The van der Waals surface area contributed by atoms with Crippen LogP contribution in [0.4, 0.5) is 5.69 Å². The molecule has 10 heteroatoms. The molecule has 9 nitrogen and oxygen atoms in total. The van der Waals surface area contributed by atoms with Crippen LogP contribution >= 0.6 is 11.3 Å². The summed E-state index contributed by atoms with van der Waals surface area (Å²) in [4.78, 5) is 33.3. The van der Waals surface area contributed by atoms with E-state index in [0.29, 0.717) is 49.2 Å². The van der Waals surface area contributed by atoms with Crippen molar-refractivity contribution in [1.82, 2.24) is 20.4 Å². The molecule has 34 heavy (non-hydrogen) atoms. The molecule has 0 spiro atoms. The molecule has 3 heterocycles. The van der Waals surface area contributed by atoms with Crippen LogP contribution in [0.15, 0.2) is 46.3 Å². The van der Waals surface area contributed by atoms with Crippen LogP contribution in [0.5, 0.6) is 0 Å². The Balaban J connectivity index is 1.33. The van der Waals surface area contributed by atoms with Crippen molar-refractivity contribution in [1.29, 1.82) is 0 Å². The number of thiophene rings is 1. The minimum Gasteiger partial charge on any atom is -0.385 e. The first-order chi connectivity index (χ1) is 16.6. The number of para-hydroxylation sites is 1. The summed E-state index contributed by atoms with van der Waals surface area (Å²) in [5.41, 5.74) is 0.972. The molecular formula is C24H29N5O4S. The van der Waals surface area contributed by atoms with Crippen molar-refractivity contribution in [3.05, 3.63) is 53.2 Å². The fraction of sp³-hybridized carbons (Fsp3) is 0.417. The molecular weight excluding hydrogens is 454 g/mol. The van der Waals surface area contributed by atoms with Crippen LogP contribution in [0.1, 0.15) is 35.5 Å². The van der Waals surface area contributed by atoms with Gasteiger partial charge >= 0.3 is 0 Å². The summed E-state index contributed by atoms with van der Waals surface area (Å²) in [5, 5.41) is 11.9. The number of anilines is 1. The Morgan fingerprint density at radius 3 is 2.97 bits per heavy atom. The van der Waals surface area contributed by atoms with Gasteiger partial charge in [-0.15, -0.1) is 11.3 Å². The number of ether oxygens (including phenoxy) is 1. The van der Waals surface area contributed by atoms with E-state index in [1.165, 1.54) is 0 Å². The summed E-state index contributed by atoms with van der Waals surface area (Å²) in [6.07, 6.45) is 2.41. The molecule has 1 aliphatic heterocycles. The van der Waals surface area contributed by atoms with Crippen molar-refractivity contribution in [3.63, 3.8) is 0 Å². The number of likely N-dealkylation sites (tertiary alicyclic amines) is 1. The molecule has 1 unspecified atom stereocenters. The van der Waals surface area contributed by atoms with Gasteiger partial charge in [0.2, 0.25) is 17.6 Å². The van der Waals surface area contributed by atoms with Crippen LogP contribution in [0.3, 0.4) is 0 Å². The Morgan fingerprint density at radius 2 is 2.15 bits per heavy atom. The summed E-state index contributed by atoms with van der Waals surface area (Å²) in [7, 11) is 1.63. The molecule has 0 bridgehead atoms. The summed E-state index contributed by atoms with van der Waals surface area (Å²) >= 11 is 1.56. The zero-order valence-corrected chi connectivity index (χ0v) is 20.0. The van der Waals surface area contributed by atoms with Gasteiger partial charge in [-0.05, 0) is 49.4 Å².